The summed E-state index contributed by atoms with van der Waals surface area (Å²) in [6, 6.07) is 13.0. The molecule has 1 aromatic carbocycles. The Morgan fingerprint density at radius 2 is 1.92 bits per heavy atom. The molecule has 0 spiro atoms. The fourth-order valence-electron chi connectivity index (χ4n) is 3.20. The largest absolute Gasteiger partial charge is 0.334 e. The summed E-state index contributed by atoms with van der Waals surface area (Å²) >= 11 is 0. The van der Waals surface area contributed by atoms with Crippen molar-refractivity contribution in [1.82, 2.24) is 14.3 Å². The molecule has 0 bridgehead atoms. The number of hydrogen-bond donors (Lipinski definition) is 0. The third-order valence-corrected chi connectivity index (χ3v) is 4.54. The Labute approximate surface area is 139 Å². The molecular formula is C19H17N3O2. The summed E-state index contributed by atoms with van der Waals surface area (Å²) in [5.74, 6) is -0.0312. The first-order valence-electron chi connectivity index (χ1n) is 7.99. The van der Waals surface area contributed by atoms with Crippen molar-refractivity contribution in [3.8, 4) is 0 Å². The molecule has 1 aliphatic heterocycles. The number of pyridine rings is 1. The van der Waals surface area contributed by atoms with E-state index in [-0.39, 0.29) is 11.5 Å². The van der Waals surface area contributed by atoms with Gasteiger partial charge < -0.3 is 4.90 Å². The van der Waals surface area contributed by atoms with E-state index in [1.807, 2.05) is 49.4 Å². The van der Waals surface area contributed by atoms with Gasteiger partial charge in [0.25, 0.3) is 11.5 Å². The highest BCUT2D eigenvalue weighted by molar-refractivity contribution is 5.95. The average Bonchev–Trinajstić information content (AvgIpc) is 2.62. The molecule has 0 radical (unpaired) electrons. The minimum atomic E-state index is -0.0853. The molecule has 5 heteroatoms. The number of nitrogens with zero attached hydrogens (tertiary/aromatic N) is 3. The average molecular weight is 319 g/mol. The molecule has 0 atom stereocenters. The maximum atomic E-state index is 12.8. The van der Waals surface area contributed by atoms with Crippen LogP contribution >= 0.6 is 0 Å². The number of benzene rings is 1. The van der Waals surface area contributed by atoms with Crippen LogP contribution in [-0.2, 0) is 13.0 Å². The Kier molecular flexibility index (Phi) is 3.41. The SMILES string of the molecule is Cc1ccccc1C(=O)N1CCc2nc3ccccn3c(=O)c2C1. The van der Waals surface area contributed by atoms with Gasteiger partial charge in [-0.05, 0) is 30.7 Å². The number of aromatic nitrogens is 2. The number of carbonyl (C=O) groups excluding carboxylic acids is 1. The number of hydrogen-bond acceptors (Lipinski definition) is 3. The van der Waals surface area contributed by atoms with Crippen LogP contribution in [0.1, 0.15) is 27.2 Å². The van der Waals surface area contributed by atoms with Crippen LogP contribution in [0.2, 0.25) is 0 Å². The molecule has 24 heavy (non-hydrogen) atoms. The predicted molar refractivity (Wildman–Crippen MR) is 91.1 cm³/mol. The summed E-state index contributed by atoms with van der Waals surface area (Å²) in [6.07, 6.45) is 2.32. The standard InChI is InChI=1S/C19H17N3O2/c1-13-6-2-3-7-14(13)18(23)21-11-9-16-15(12-21)19(24)22-10-5-4-8-17(22)20-16/h2-8,10H,9,11-12H2,1H3. The van der Waals surface area contributed by atoms with Crippen LogP contribution in [0, 0.1) is 6.92 Å². The van der Waals surface area contributed by atoms with Gasteiger partial charge in [0.15, 0.2) is 0 Å². The van der Waals surface area contributed by atoms with E-state index >= 15 is 0 Å². The number of amides is 1. The minimum Gasteiger partial charge on any atom is -0.334 e. The first-order chi connectivity index (χ1) is 11.6. The fourth-order valence-corrected chi connectivity index (χ4v) is 3.20. The van der Waals surface area contributed by atoms with Crippen molar-refractivity contribution in [1.29, 1.82) is 0 Å². The predicted octanol–water partition coefficient (Wildman–Crippen LogP) is 2.20. The number of rotatable bonds is 1. The van der Waals surface area contributed by atoms with Gasteiger partial charge in [-0.1, -0.05) is 24.3 Å². The molecule has 0 saturated carbocycles. The fraction of sp³-hybridized carbons (Fsp3) is 0.211. The van der Waals surface area contributed by atoms with Crippen molar-refractivity contribution in [2.45, 2.75) is 19.9 Å². The van der Waals surface area contributed by atoms with Crippen molar-refractivity contribution >= 4 is 11.6 Å². The zero-order valence-corrected chi connectivity index (χ0v) is 13.4. The lowest BCUT2D eigenvalue weighted by Gasteiger charge is -2.28. The molecule has 1 aliphatic rings. The monoisotopic (exact) mass is 319 g/mol. The van der Waals surface area contributed by atoms with E-state index in [2.05, 4.69) is 4.98 Å². The van der Waals surface area contributed by atoms with Crippen molar-refractivity contribution in [2.24, 2.45) is 0 Å². The van der Waals surface area contributed by atoms with Crippen molar-refractivity contribution in [3.63, 3.8) is 0 Å². The topological polar surface area (TPSA) is 54.7 Å². The molecule has 3 aromatic rings. The van der Waals surface area contributed by atoms with E-state index < -0.39 is 0 Å². The van der Waals surface area contributed by atoms with E-state index in [4.69, 9.17) is 0 Å². The zero-order chi connectivity index (χ0) is 16.7. The smallest absolute Gasteiger partial charge is 0.263 e. The van der Waals surface area contributed by atoms with Crippen LogP contribution in [0.15, 0.2) is 53.5 Å². The molecule has 2 aromatic heterocycles. The van der Waals surface area contributed by atoms with Gasteiger partial charge in [0, 0.05) is 24.7 Å². The highest BCUT2D eigenvalue weighted by Crippen LogP contribution is 2.19. The summed E-state index contributed by atoms with van der Waals surface area (Å²) < 4.78 is 1.54. The van der Waals surface area contributed by atoms with Crippen molar-refractivity contribution < 1.29 is 4.79 Å². The first kappa shape index (κ1) is 14.6. The Balaban J connectivity index is 1.74. The second-order valence-electron chi connectivity index (χ2n) is 6.06. The Morgan fingerprint density at radius 1 is 1.12 bits per heavy atom. The molecule has 0 fully saturated rings. The summed E-state index contributed by atoms with van der Waals surface area (Å²) in [6.45, 7) is 2.82. The quantitative estimate of drug-likeness (QED) is 0.691. The molecule has 120 valence electrons. The summed E-state index contributed by atoms with van der Waals surface area (Å²) in [5.41, 5.74) is 3.63. The number of aryl methyl sites for hydroxylation is 1. The lowest BCUT2D eigenvalue weighted by Crippen LogP contribution is -2.40. The lowest BCUT2D eigenvalue weighted by atomic mass is 10.0. The van der Waals surface area contributed by atoms with Crippen LogP contribution in [0.4, 0.5) is 0 Å². The molecule has 4 rings (SSSR count). The van der Waals surface area contributed by atoms with E-state index in [9.17, 15) is 9.59 Å². The molecule has 5 nitrogen and oxygen atoms in total. The van der Waals surface area contributed by atoms with Gasteiger partial charge in [0.1, 0.15) is 5.65 Å². The van der Waals surface area contributed by atoms with Gasteiger partial charge in [-0.3, -0.25) is 14.0 Å². The number of fused-ring (bicyclic) bond motifs is 2. The Hall–Kier alpha value is -2.95. The third-order valence-electron chi connectivity index (χ3n) is 4.54. The normalized spacial score (nSPS) is 13.8. The lowest BCUT2D eigenvalue weighted by molar-refractivity contribution is 0.0732. The minimum absolute atomic E-state index is 0.0312. The van der Waals surface area contributed by atoms with E-state index in [0.29, 0.717) is 36.3 Å². The molecule has 0 N–H and O–H groups in total. The van der Waals surface area contributed by atoms with Gasteiger partial charge in [-0.2, -0.15) is 0 Å². The van der Waals surface area contributed by atoms with Crippen LogP contribution in [0.5, 0.6) is 0 Å². The van der Waals surface area contributed by atoms with E-state index in [0.717, 1.165) is 11.3 Å². The molecule has 3 heterocycles. The van der Waals surface area contributed by atoms with Crippen LogP contribution in [0.25, 0.3) is 5.65 Å². The van der Waals surface area contributed by atoms with Gasteiger partial charge in [0.05, 0.1) is 17.8 Å². The third kappa shape index (κ3) is 2.29. The number of carbonyl (C=O) groups is 1. The van der Waals surface area contributed by atoms with Crippen molar-refractivity contribution in [2.75, 3.05) is 6.54 Å². The van der Waals surface area contributed by atoms with Gasteiger partial charge in [-0.15, -0.1) is 0 Å². The summed E-state index contributed by atoms with van der Waals surface area (Å²) in [7, 11) is 0. The summed E-state index contributed by atoms with van der Waals surface area (Å²) in [5, 5.41) is 0. The van der Waals surface area contributed by atoms with Gasteiger partial charge >= 0.3 is 0 Å². The van der Waals surface area contributed by atoms with Gasteiger partial charge in [0.2, 0.25) is 0 Å². The highest BCUT2D eigenvalue weighted by Gasteiger charge is 2.26. The van der Waals surface area contributed by atoms with Crippen LogP contribution < -0.4 is 5.56 Å². The molecule has 1 amide bonds. The van der Waals surface area contributed by atoms with Gasteiger partial charge in [-0.25, -0.2) is 4.98 Å². The van der Waals surface area contributed by atoms with E-state index in [1.165, 1.54) is 0 Å². The van der Waals surface area contributed by atoms with E-state index in [1.54, 1.807) is 15.5 Å². The maximum Gasteiger partial charge on any atom is 0.263 e. The first-order valence-corrected chi connectivity index (χ1v) is 7.99. The molecule has 0 unspecified atom stereocenters. The van der Waals surface area contributed by atoms with Crippen LogP contribution in [0.3, 0.4) is 0 Å². The van der Waals surface area contributed by atoms with Crippen LogP contribution in [-0.4, -0.2) is 26.7 Å². The molecule has 0 aliphatic carbocycles. The summed E-state index contributed by atoms with van der Waals surface area (Å²) in [4.78, 5) is 31.9. The molecule has 0 saturated heterocycles. The highest BCUT2D eigenvalue weighted by atomic mass is 16.2. The zero-order valence-electron chi connectivity index (χ0n) is 13.4. The van der Waals surface area contributed by atoms with Crippen molar-refractivity contribution in [3.05, 3.63) is 81.4 Å². The molecular weight excluding hydrogens is 302 g/mol. The Bertz CT molecular complexity index is 1010. The Morgan fingerprint density at radius 3 is 2.75 bits per heavy atom. The second kappa shape index (κ2) is 5.60. The maximum absolute atomic E-state index is 12.8. The second-order valence-corrected chi connectivity index (χ2v) is 6.06.